The predicted molar refractivity (Wildman–Crippen MR) is 90.7 cm³/mol. The monoisotopic (exact) mass is 351 g/mol. The zero-order valence-electron chi connectivity index (χ0n) is 13.6. The van der Waals surface area contributed by atoms with Gasteiger partial charge in [-0.3, -0.25) is 14.5 Å². The number of carbonyl (C=O) groups is 2. The molecule has 7 nitrogen and oxygen atoms in total. The molecule has 2 aliphatic rings. The highest BCUT2D eigenvalue weighted by Crippen LogP contribution is 2.37. The minimum atomic E-state index is -0.512. The van der Waals surface area contributed by atoms with E-state index in [-0.39, 0.29) is 5.76 Å². The Labute approximate surface area is 144 Å². The van der Waals surface area contributed by atoms with Crippen molar-refractivity contribution in [1.29, 1.82) is 0 Å². The number of nitrogens with zero attached hydrogens (tertiary/aromatic N) is 1. The third-order valence-electron chi connectivity index (χ3n) is 4.02. The van der Waals surface area contributed by atoms with E-state index in [0.717, 1.165) is 42.9 Å². The first-order valence-electron chi connectivity index (χ1n) is 8.02. The summed E-state index contributed by atoms with van der Waals surface area (Å²) in [7, 11) is 0. The minimum absolute atomic E-state index is 0.107. The SMILES string of the molecule is CCCN1CCc2c(sc(NC(=O)C3=COCCO3)c2C(N)=O)C1. The smallest absolute Gasteiger partial charge is 0.294 e. The predicted octanol–water partition coefficient (Wildman–Crippen LogP) is 1.44. The molecule has 0 radical (unpaired) electrons. The third-order valence-corrected chi connectivity index (χ3v) is 5.15. The van der Waals surface area contributed by atoms with Gasteiger partial charge >= 0.3 is 0 Å². The van der Waals surface area contributed by atoms with Crippen molar-refractivity contribution in [1.82, 2.24) is 4.90 Å². The van der Waals surface area contributed by atoms with Crippen LogP contribution in [0.15, 0.2) is 12.0 Å². The largest absolute Gasteiger partial charge is 0.494 e. The van der Waals surface area contributed by atoms with Crippen LogP contribution in [0.5, 0.6) is 0 Å². The van der Waals surface area contributed by atoms with Crippen LogP contribution < -0.4 is 11.1 Å². The van der Waals surface area contributed by atoms with Gasteiger partial charge in [0.25, 0.3) is 11.8 Å². The average molecular weight is 351 g/mol. The van der Waals surface area contributed by atoms with Crippen molar-refractivity contribution in [2.75, 3.05) is 31.6 Å². The minimum Gasteiger partial charge on any atom is -0.494 e. The van der Waals surface area contributed by atoms with Gasteiger partial charge in [0.15, 0.2) is 0 Å². The lowest BCUT2D eigenvalue weighted by Gasteiger charge is -2.26. The number of ether oxygens (including phenoxy) is 2. The first-order chi connectivity index (χ1) is 11.6. The Morgan fingerprint density at radius 3 is 2.92 bits per heavy atom. The highest BCUT2D eigenvalue weighted by molar-refractivity contribution is 7.17. The average Bonchev–Trinajstić information content (AvgIpc) is 2.93. The Morgan fingerprint density at radius 2 is 2.25 bits per heavy atom. The molecule has 24 heavy (non-hydrogen) atoms. The number of hydrogen-bond donors (Lipinski definition) is 2. The molecule has 3 heterocycles. The van der Waals surface area contributed by atoms with E-state index in [0.29, 0.717) is 23.8 Å². The van der Waals surface area contributed by atoms with Gasteiger partial charge in [-0.05, 0) is 24.9 Å². The molecular formula is C16H21N3O4S. The summed E-state index contributed by atoms with van der Waals surface area (Å²) >= 11 is 1.41. The van der Waals surface area contributed by atoms with Gasteiger partial charge in [0.1, 0.15) is 24.5 Å². The van der Waals surface area contributed by atoms with E-state index in [1.165, 1.54) is 17.6 Å². The Bertz CT molecular complexity index is 683. The maximum Gasteiger partial charge on any atom is 0.294 e. The number of nitrogens with one attached hydrogen (secondary N) is 1. The van der Waals surface area contributed by atoms with Crippen molar-refractivity contribution in [3.05, 3.63) is 28.0 Å². The summed E-state index contributed by atoms with van der Waals surface area (Å²) in [5.74, 6) is -0.835. The van der Waals surface area contributed by atoms with E-state index in [1.54, 1.807) is 0 Å². The molecule has 0 aromatic carbocycles. The van der Waals surface area contributed by atoms with E-state index in [9.17, 15) is 9.59 Å². The molecule has 130 valence electrons. The number of anilines is 1. The molecule has 0 fully saturated rings. The second-order valence-corrected chi connectivity index (χ2v) is 6.86. The fourth-order valence-corrected chi connectivity index (χ4v) is 4.25. The van der Waals surface area contributed by atoms with Gasteiger partial charge in [-0.15, -0.1) is 11.3 Å². The van der Waals surface area contributed by atoms with Crippen LogP contribution >= 0.6 is 11.3 Å². The Hall–Kier alpha value is -2.06. The third kappa shape index (κ3) is 3.39. The molecule has 8 heteroatoms. The summed E-state index contributed by atoms with van der Waals surface area (Å²) in [5.41, 5.74) is 6.95. The Kier molecular flexibility index (Phi) is 5.06. The van der Waals surface area contributed by atoms with Crippen LogP contribution in [0.25, 0.3) is 0 Å². The normalized spacial score (nSPS) is 17.3. The summed E-state index contributed by atoms with van der Waals surface area (Å²) in [6, 6.07) is 0. The van der Waals surface area contributed by atoms with E-state index < -0.39 is 11.8 Å². The quantitative estimate of drug-likeness (QED) is 0.837. The molecule has 0 aliphatic carbocycles. The van der Waals surface area contributed by atoms with E-state index >= 15 is 0 Å². The van der Waals surface area contributed by atoms with Gasteiger partial charge in [0.05, 0.1) is 5.56 Å². The molecule has 1 aromatic heterocycles. The molecule has 0 saturated heterocycles. The summed E-state index contributed by atoms with van der Waals surface area (Å²) in [6.07, 6.45) is 3.14. The highest BCUT2D eigenvalue weighted by atomic mass is 32.1. The first-order valence-corrected chi connectivity index (χ1v) is 8.84. The zero-order valence-corrected chi connectivity index (χ0v) is 14.4. The molecule has 0 unspecified atom stereocenters. The summed E-state index contributed by atoms with van der Waals surface area (Å²) < 4.78 is 10.4. The van der Waals surface area contributed by atoms with Crippen molar-refractivity contribution < 1.29 is 19.1 Å². The molecular weight excluding hydrogens is 330 g/mol. The number of carbonyl (C=O) groups excluding carboxylic acids is 2. The van der Waals surface area contributed by atoms with Crippen molar-refractivity contribution in [3.63, 3.8) is 0 Å². The van der Waals surface area contributed by atoms with Crippen molar-refractivity contribution >= 4 is 28.2 Å². The molecule has 3 N–H and O–H groups in total. The zero-order chi connectivity index (χ0) is 17.1. The number of hydrogen-bond acceptors (Lipinski definition) is 6. The lowest BCUT2D eigenvalue weighted by Crippen LogP contribution is -2.31. The van der Waals surface area contributed by atoms with Gasteiger partial charge in [-0.2, -0.15) is 0 Å². The van der Waals surface area contributed by atoms with Crippen LogP contribution in [0.3, 0.4) is 0 Å². The fraction of sp³-hybridized carbons (Fsp3) is 0.500. The number of rotatable bonds is 5. The molecule has 1 aromatic rings. The summed E-state index contributed by atoms with van der Waals surface area (Å²) in [6.45, 7) is 5.59. The Morgan fingerprint density at radius 1 is 1.42 bits per heavy atom. The van der Waals surface area contributed by atoms with Gasteiger partial charge in [0.2, 0.25) is 5.76 Å². The number of fused-ring (bicyclic) bond motifs is 1. The highest BCUT2D eigenvalue weighted by Gasteiger charge is 2.28. The van der Waals surface area contributed by atoms with Crippen molar-refractivity contribution in [3.8, 4) is 0 Å². The van der Waals surface area contributed by atoms with Crippen LogP contribution in [0.1, 0.15) is 34.1 Å². The molecule has 0 atom stereocenters. The van der Waals surface area contributed by atoms with E-state index in [4.69, 9.17) is 15.2 Å². The lowest BCUT2D eigenvalue weighted by molar-refractivity contribution is -0.117. The van der Waals surface area contributed by atoms with Crippen LogP contribution in [0.4, 0.5) is 5.00 Å². The number of nitrogens with two attached hydrogens (primary N) is 1. The number of primary amides is 1. The van der Waals surface area contributed by atoms with E-state index in [2.05, 4.69) is 17.1 Å². The molecule has 2 amide bonds. The van der Waals surface area contributed by atoms with Crippen LogP contribution in [-0.2, 0) is 27.2 Å². The van der Waals surface area contributed by atoms with Crippen LogP contribution in [0.2, 0.25) is 0 Å². The maximum atomic E-state index is 12.3. The van der Waals surface area contributed by atoms with Crippen LogP contribution in [-0.4, -0.2) is 43.0 Å². The topological polar surface area (TPSA) is 93.9 Å². The van der Waals surface area contributed by atoms with Crippen molar-refractivity contribution in [2.24, 2.45) is 5.73 Å². The van der Waals surface area contributed by atoms with Gasteiger partial charge in [0, 0.05) is 18.0 Å². The second kappa shape index (κ2) is 7.23. The first kappa shape index (κ1) is 16.8. The van der Waals surface area contributed by atoms with Crippen molar-refractivity contribution in [2.45, 2.75) is 26.3 Å². The van der Waals surface area contributed by atoms with E-state index in [1.807, 2.05) is 0 Å². The summed E-state index contributed by atoms with van der Waals surface area (Å²) in [4.78, 5) is 27.6. The standard InChI is InChI=1S/C16H21N3O4S/c1-2-4-19-5-3-10-12(8-19)24-16(13(10)14(17)20)18-15(21)11-9-22-6-7-23-11/h9H,2-8H2,1H3,(H2,17,20)(H,18,21). The molecule has 0 bridgehead atoms. The number of thiophene rings is 1. The molecule has 2 aliphatic heterocycles. The van der Waals surface area contributed by atoms with Gasteiger partial charge in [-0.25, -0.2) is 0 Å². The fourth-order valence-electron chi connectivity index (χ4n) is 2.96. The molecule has 0 spiro atoms. The molecule has 3 rings (SSSR count). The second-order valence-electron chi connectivity index (χ2n) is 5.75. The van der Waals surface area contributed by atoms with Gasteiger partial charge < -0.3 is 20.5 Å². The van der Waals surface area contributed by atoms with Gasteiger partial charge in [-0.1, -0.05) is 6.92 Å². The molecule has 0 saturated carbocycles. The lowest BCUT2D eigenvalue weighted by atomic mass is 10.0. The van der Waals surface area contributed by atoms with Crippen LogP contribution in [0, 0.1) is 0 Å². The Balaban J connectivity index is 1.84. The maximum absolute atomic E-state index is 12.3. The summed E-state index contributed by atoms with van der Waals surface area (Å²) in [5, 5.41) is 3.24. The number of amides is 2.